The zero-order valence-electron chi connectivity index (χ0n) is 15.2. The number of hydrogen-bond donors (Lipinski definition) is 1. The molecule has 0 saturated carbocycles. The lowest BCUT2D eigenvalue weighted by molar-refractivity contribution is -0.142. The summed E-state index contributed by atoms with van der Waals surface area (Å²) in [6.45, 7) is 5.54. The fraction of sp³-hybridized carbons (Fsp3) is 0.526. The summed E-state index contributed by atoms with van der Waals surface area (Å²) in [5.41, 5.74) is 1.61. The second-order valence-corrected chi connectivity index (χ2v) is 7.05. The molecule has 7 nitrogen and oxygen atoms in total. The van der Waals surface area contributed by atoms with Crippen LogP contribution in [0.2, 0.25) is 0 Å². The summed E-state index contributed by atoms with van der Waals surface area (Å²) in [5.74, 6) is -1.51. The van der Waals surface area contributed by atoms with Gasteiger partial charge in [-0.25, -0.2) is 4.79 Å². The number of benzene rings is 1. The second kappa shape index (κ2) is 7.35. The highest BCUT2D eigenvalue weighted by Crippen LogP contribution is 2.24. The molecule has 0 aliphatic carbocycles. The van der Waals surface area contributed by atoms with Gasteiger partial charge in [0.05, 0.1) is 17.0 Å². The van der Waals surface area contributed by atoms with E-state index >= 15 is 0 Å². The summed E-state index contributed by atoms with van der Waals surface area (Å²) >= 11 is 0. The van der Waals surface area contributed by atoms with Crippen molar-refractivity contribution in [3.63, 3.8) is 0 Å². The molecule has 0 unspecified atom stereocenters. The average Bonchev–Trinajstić information content (AvgIpc) is 3.13. The number of amides is 1. The van der Waals surface area contributed by atoms with Crippen molar-refractivity contribution in [1.82, 2.24) is 14.0 Å². The van der Waals surface area contributed by atoms with Crippen molar-refractivity contribution in [2.45, 2.75) is 39.8 Å². The third-order valence-electron chi connectivity index (χ3n) is 5.20. The van der Waals surface area contributed by atoms with E-state index in [4.69, 9.17) is 0 Å². The van der Waals surface area contributed by atoms with Gasteiger partial charge in [-0.15, -0.1) is 0 Å². The van der Waals surface area contributed by atoms with Crippen LogP contribution >= 0.6 is 0 Å². The molecule has 1 N–H and O–H groups in total. The normalized spacial score (nSPS) is 20.0. The standard InChI is InChI=1S/C19H25N3O4/c1-3-9-21-15-6-4-5-7-16(15)22(19(21)26)10-8-17(23)20-11-13(2)14(12-20)18(24)25/h4-7,13-14H,3,8-12H2,1-2H3,(H,24,25)/t13-,14-/m1/s1. The van der Waals surface area contributed by atoms with E-state index in [1.165, 1.54) is 0 Å². The van der Waals surface area contributed by atoms with Gasteiger partial charge in [0.25, 0.3) is 0 Å². The Balaban J connectivity index is 1.76. The number of aromatic nitrogens is 2. The van der Waals surface area contributed by atoms with Crippen molar-refractivity contribution in [3.05, 3.63) is 34.7 Å². The van der Waals surface area contributed by atoms with Crippen LogP contribution in [0.4, 0.5) is 0 Å². The van der Waals surface area contributed by atoms with Gasteiger partial charge in [0.15, 0.2) is 0 Å². The van der Waals surface area contributed by atoms with Gasteiger partial charge in [-0.05, 0) is 24.5 Å². The largest absolute Gasteiger partial charge is 0.481 e. The quantitative estimate of drug-likeness (QED) is 0.852. The predicted octanol–water partition coefficient (Wildman–Crippen LogP) is 1.78. The Bertz CT molecular complexity index is 883. The summed E-state index contributed by atoms with van der Waals surface area (Å²) in [7, 11) is 0. The third-order valence-corrected chi connectivity index (χ3v) is 5.20. The maximum atomic E-state index is 12.7. The van der Waals surface area contributed by atoms with E-state index in [9.17, 15) is 19.5 Å². The number of likely N-dealkylation sites (tertiary alicyclic amines) is 1. The zero-order chi connectivity index (χ0) is 18.8. The maximum absolute atomic E-state index is 12.7. The number of hydrogen-bond acceptors (Lipinski definition) is 3. The van der Waals surface area contributed by atoms with Crippen molar-refractivity contribution in [2.24, 2.45) is 11.8 Å². The van der Waals surface area contributed by atoms with Gasteiger partial charge in [0.2, 0.25) is 5.91 Å². The molecule has 3 rings (SSSR count). The van der Waals surface area contributed by atoms with Crippen LogP contribution in [0.5, 0.6) is 0 Å². The van der Waals surface area contributed by atoms with E-state index in [-0.39, 0.29) is 30.5 Å². The molecule has 1 aliphatic rings. The first-order valence-corrected chi connectivity index (χ1v) is 9.12. The van der Waals surface area contributed by atoms with Gasteiger partial charge in [0, 0.05) is 32.6 Å². The van der Waals surface area contributed by atoms with Crippen molar-refractivity contribution < 1.29 is 14.7 Å². The number of aryl methyl sites for hydroxylation is 2. The average molecular weight is 359 g/mol. The molecular formula is C19H25N3O4. The van der Waals surface area contributed by atoms with Crippen LogP contribution in [0.15, 0.2) is 29.1 Å². The van der Waals surface area contributed by atoms with Gasteiger partial charge in [-0.1, -0.05) is 26.0 Å². The van der Waals surface area contributed by atoms with E-state index in [1.807, 2.05) is 38.1 Å². The van der Waals surface area contributed by atoms with Crippen molar-refractivity contribution in [3.8, 4) is 0 Å². The number of carboxylic acid groups (broad SMARTS) is 1. The van der Waals surface area contributed by atoms with E-state index in [0.717, 1.165) is 17.5 Å². The lowest BCUT2D eigenvalue weighted by Gasteiger charge is -2.16. The zero-order valence-corrected chi connectivity index (χ0v) is 15.2. The lowest BCUT2D eigenvalue weighted by atomic mass is 9.99. The Morgan fingerprint density at radius 2 is 1.73 bits per heavy atom. The minimum atomic E-state index is -0.855. The lowest BCUT2D eigenvalue weighted by Crippen LogP contribution is -2.32. The number of imidazole rings is 1. The van der Waals surface area contributed by atoms with Gasteiger partial charge in [0.1, 0.15) is 0 Å². The van der Waals surface area contributed by atoms with E-state index in [0.29, 0.717) is 19.6 Å². The van der Waals surface area contributed by atoms with E-state index in [1.54, 1.807) is 14.0 Å². The molecule has 0 radical (unpaired) electrons. The number of aliphatic carboxylic acids is 1. The highest BCUT2D eigenvalue weighted by Gasteiger charge is 2.36. The highest BCUT2D eigenvalue weighted by atomic mass is 16.4. The van der Waals surface area contributed by atoms with Gasteiger partial charge in [-0.2, -0.15) is 0 Å². The number of para-hydroxylation sites is 2. The molecule has 0 bridgehead atoms. The second-order valence-electron chi connectivity index (χ2n) is 7.05. The summed E-state index contributed by atoms with van der Waals surface area (Å²) < 4.78 is 3.40. The molecule has 1 fully saturated rings. The summed E-state index contributed by atoms with van der Waals surface area (Å²) in [4.78, 5) is 38.1. The summed E-state index contributed by atoms with van der Waals surface area (Å²) in [6.07, 6.45) is 1.05. The SMILES string of the molecule is CCCn1c(=O)n(CCC(=O)N2C[C@@H](C)[C@H](C(=O)O)C2)c2ccccc21. The molecule has 140 valence electrons. The number of carbonyl (C=O) groups excluding carboxylic acids is 1. The number of carboxylic acids is 1. The fourth-order valence-electron chi connectivity index (χ4n) is 3.79. The van der Waals surface area contributed by atoms with Crippen LogP contribution in [-0.2, 0) is 22.7 Å². The van der Waals surface area contributed by atoms with Crippen molar-refractivity contribution >= 4 is 22.9 Å². The molecule has 2 aromatic rings. The monoisotopic (exact) mass is 359 g/mol. The molecule has 2 atom stereocenters. The fourth-order valence-corrected chi connectivity index (χ4v) is 3.79. The molecule has 0 spiro atoms. The van der Waals surface area contributed by atoms with Crippen LogP contribution < -0.4 is 5.69 Å². The Kier molecular flexibility index (Phi) is 5.15. The first kappa shape index (κ1) is 18.2. The molecule has 1 amide bonds. The van der Waals surface area contributed by atoms with Gasteiger partial charge >= 0.3 is 11.7 Å². The van der Waals surface area contributed by atoms with E-state index < -0.39 is 11.9 Å². The Hall–Kier alpha value is -2.57. The molecule has 1 aromatic carbocycles. The van der Waals surface area contributed by atoms with Crippen LogP contribution in [0.3, 0.4) is 0 Å². The van der Waals surface area contributed by atoms with E-state index in [2.05, 4.69) is 0 Å². The third kappa shape index (κ3) is 3.25. The topological polar surface area (TPSA) is 84.5 Å². The highest BCUT2D eigenvalue weighted by molar-refractivity contribution is 5.80. The van der Waals surface area contributed by atoms with Crippen LogP contribution in [0.25, 0.3) is 11.0 Å². The molecule has 7 heteroatoms. The summed E-state index contributed by atoms with van der Waals surface area (Å²) in [5, 5.41) is 9.21. The number of rotatable bonds is 6. The molecular weight excluding hydrogens is 334 g/mol. The summed E-state index contributed by atoms with van der Waals surface area (Å²) in [6, 6.07) is 7.60. The number of fused-ring (bicyclic) bond motifs is 1. The Morgan fingerprint density at radius 3 is 2.27 bits per heavy atom. The minimum Gasteiger partial charge on any atom is -0.481 e. The van der Waals surface area contributed by atoms with Crippen LogP contribution in [0, 0.1) is 11.8 Å². The predicted molar refractivity (Wildman–Crippen MR) is 98.0 cm³/mol. The first-order chi connectivity index (χ1) is 12.4. The maximum Gasteiger partial charge on any atom is 0.329 e. The smallest absolute Gasteiger partial charge is 0.329 e. The molecule has 2 heterocycles. The molecule has 1 aliphatic heterocycles. The van der Waals surface area contributed by atoms with Crippen molar-refractivity contribution in [2.75, 3.05) is 13.1 Å². The van der Waals surface area contributed by atoms with Gasteiger partial charge in [-0.3, -0.25) is 18.7 Å². The number of carbonyl (C=O) groups is 2. The van der Waals surface area contributed by atoms with Crippen LogP contribution in [0.1, 0.15) is 26.7 Å². The van der Waals surface area contributed by atoms with Gasteiger partial charge < -0.3 is 10.0 Å². The van der Waals surface area contributed by atoms with Crippen LogP contribution in [-0.4, -0.2) is 44.1 Å². The Morgan fingerprint density at radius 1 is 1.12 bits per heavy atom. The van der Waals surface area contributed by atoms with Crippen molar-refractivity contribution in [1.29, 1.82) is 0 Å². The first-order valence-electron chi connectivity index (χ1n) is 9.12. The number of nitrogens with zero attached hydrogens (tertiary/aromatic N) is 3. The minimum absolute atomic E-state index is 0.0503. The molecule has 1 saturated heterocycles. The molecule has 1 aromatic heterocycles. The molecule has 26 heavy (non-hydrogen) atoms. The Labute approximate surface area is 151 Å².